The molecule has 2 aromatic carbocycles. The van der Waals surface area contributed by atoms with E-state index in [1.54, 1.807) is 19.1 Å². The number of benzene rings is 2. The molecule has 1 aromatic heterocycles. The highest BCUT2D eigenvalue weighted by Crippen LogP contribution is 2.41. The number of halogens is 1. The van der Waals surface area contributed by atoms with E-state index in [-0.39, 0.29) is 11.5 Å². The van der Waals surface area contributed by atoms with Crippen LogP contribution in [-0.2, 0) is 4.79 Å². The van der Waals surface area contributed by atoms with E-state index in [0.717, 1.165) is 26.9 Å². The van der Waals surface area contributed by atoms with Crippen molar-refractivity contribution in [3.63, 3.8) is 0 Å². The number of carboxylic acid groups (broad SMARTS) is 1. The van der Waals surface area contributed by atoms with Crippen LogP contribution in [-0.4, -0.2) is 22.0 Å². The Morgan fingerprint density at radius 2 is 1.93 bits per heavy atom. The lowest BCUT2D eigenvalue weighted by Crippen LogP contribution is -2.04. The van der Waals surface area contributed by atoms with E-state index in [4.69, 9.17) is 0 Å². The maximum Gasteiger partial charge on any atom is 0.337 e. The Morgan fingerprint density at radius 3 is 2.67 bits per heavy atom. The number of carboxylic acids is 1. The molecule has 0 atom stereocenters. The molecule has 4 rings (SSSR count). The molecule has 0 bridgehead atoms. The molecular weight excluding hydrogens is 408 g/mol. The molecule has 0 saturated carbocycles. The van der Waals surface area contributed by atoms with Crippen LogP contribution in [0.25, 0.3) is 22.8 Å². The lowest BCUT2D eigenvalue weighted by Gasteiger charge is -2.09. The molecule has 2 heterocycles. The number of anilines is 1. The Kier molecular flexibility index (Phi) is 4.20. The highest BCUT2D eigenvalue weighted by atomic mass is 79.9. The molecule has 1 amide bonds. The molecule has 3 aromatic rings. The quantitative estimate of drug-likeness (QED) is 0.522. The van der Waals surface area contributed by atoms with Crippen molar-refractivity contribution in [3.05, 3.63) is 75.5 Å². The molecule has 1 aliphatic heterocycles. The fourth-order valence-electron chi connectivity index (χ4n) is 3.33. The van der Waals surface area contributed by atoms with Crippen LogP contribution < -0.4 is 5.32 Å². The van der Waals surface area contributed by atoms with Crippen molar-refractivity contribution in [2.24, 2.45) is 0 Å². The summed E-state index contributed by atoms with van der Waals surface area (Å²) in [5.74, 6) is -1.29. The summed E-state index contributed by atoms with van der Waals surface area (Å²) in [4.78, 5) is 27.2. The van der Waals surface area contributed by atoms with Gasteiger partial charge in [-0.25, -0.2) is 4.79 Å². The van der Waals surface area contributed by atoms with Gasteiger partial charge in [0.1, 0.15) is 0 Å². The molecule has 6 heteroatoms. The summed E-state index contributed by atoms with van der Waals surface area (Å²) in [5.41, 5.74) is 5.04. The van der Waals surface area contributed by atoms with Gasteiger partial charge in [0, 0.05) is 21.4 Å². The second-order valence-corrected chi connectivity index (χ2v) is 7.25. The second kappa shape index (κ2) is 6.55. The van der Waals surface area contributed by atoms with E-state index in [0.29, 0.717) is 17.0 Å². The molecule has 5 nitrogen and oxygen atoms in total. The number of hydrogen-bond donors (Lipinski definition) is 3. The van der Waals surface area contributed by atoms with Crippen molar-refractivity contribution in [3.8, 4) is 11.1 Å². The van der Waals surface area contributed by atoms with Gasteiger partial charge in [0.2, 0.25) is 0 Å². The van der Waals surface area contributed by atoms with Gasteiger partial charge < -0.3 is 15.4 Å². The molecule has 134 valence electrons. The maximum absolute atomic E-state index is 12.6. The van der Waals surface area contributed by atoms with Crippen LogP contribution in [0.2, 0.25) is 0 Å². The number of carbonyl (C=O) groups is 2. The van der Waals surface area contributed by atoms with Crippen LogP contribution in [0.4, 0.5) is 5.69 Å². The first-order valence-electron chi connectivity index (χ1n) is 8.29. The first-order valence-corrected chi connectivity index (χ1v) is 9.08. The Hall–Kier alpha value is -3.12. The third-order valence-corrected chi connectivity index (χ3v) is 4.96. The number of aryl methyl sites for hydroxylation is 1. The monoisotopic (exact) mass is 422 g/mol. The lowest BCUT2D eigenvalue weighted by atomic mass is 9.94. The number of aromatic nitrogens is 1. The lowest BCUT2D eigenvalue weighted by molar-refractivity contribution is -0.110. The SMILES string of the molecule is Cc1cc(C(=O)O)c(C=C2C(=O)Nc3cccc(-c4cccc(Br)c4)c32)[nH]1. The van der Waals surface area contributed by atoms with Crippen LogP contribution >= 0.6 is 15.9 Å². The van der Waals surface area contributed by atoms with E-state index in [1.165, 1.54) is 0 Å². The molecule has 0 fully saturated rings. The van der Waals surface area contributed by atoms with Gasteiger partial charge in [-0.2, -0.15) is 0 Å². The number of aromatic carboxylic acids is 1. The summed E-state index contributed by atoms with van der Waals surface area (Å²) in [6, 6.07) is 15.1. The zero-order valence-corrected chi connectivity index (χ0v) is 15.9. The molecule has 0 radical (unpaired) electrons. The maximum atomic E-state index is 12.6. The number of carbonyl (C=O) groups excluding carboxylic acids is 1. The van der Waals surface area contributed by atoms with Gasteiger partial charge in [-0.1, -0.05) is 40.2 Å². The van der Waals surface area contributed by atoms with Crippen LogP contribution in [0.1, 0.15) is 27.3 Å². The molecule has 1 aliphatic rings. The second-order valence-electron chi connectivity index (χ2n) is 6.34. The van der Waals surface area contributed by atoms with Crippen LogP contribution in [0.3, 0.4) is 0 Å². The van der Waals surface area contributed by atoms with Crippen molar-refractivity contribution in [1.82, 2.24) is 4.98 Å². The van der Waals surface area contributed by atoms with E-state index < -0.39 is 5.97 Å². The largest absolute Gasteiger partial charge is 0.478 e. The Labute approximate surface area is 163 Å². The summed E-state index contributed by atoms with van der Waals surface area (Å²) in [6.45, 7) is 1.78. The molecule has 0 saturated heterocycles. The number of nitrogens with one attached hydrogen (secondary N) is 2. The predicted octanol–water partition coefficient (Wildman–Crippen LogP) is 4.94. The summed E-state index contributed by atoms with van der Waals surface area (Å²) < 4.78 is 0.938. The van der Waals surface area contributed by atoms with Crippen molar-refractivity contribution < 1.29 is 14.7 Å². The van der Waals surface area contributed by atoms with E-state index in [1.807, 2.05) is 42.5 Å². The summed E-state index contributed by atoms with van der Waals surface area (Å²) in [5, 5.41) is 12.3. The zero-order valence-electron chi connectivity index (χ0n) is 14.3. The van der Waals surface area contributed by atoms with Gasteiger partial charge in [0.15, 0.2) is 0 Å². The number of fused-ring (bicyclic) bond motifs is 1. The van der Waals surface area contributed by atoms with Gasteiger partial charge >= 0.3 is 5.97 Å². The first kappa shape index (κ1) is 17.3. The van der Waals surface area contributed by atoms with Crippen LogP contribution in [0.5, 0.6) is 0 Å². The average molecular weight is 423 g/mol. The third kappa shape index (κ3) is 3.08. The molecule has 0 spiro atoms. The number of hydrogen-bond acceptors (Lipinski definition) is 2. The Morgan fingerprint density at radius 1 is 1.15 bits per heavy atom. The fraction of sp³-hybridized carbons (Fsp3) is 0.0476. The number of rotatable bonds is 3. The molecule has 27 heavy (non-hydrogen) atoms. The topological polar surface area (TPSA) is 82.2 Å². The van der Waals surface area contributed by atoms with E-state index in [2.05, 4.69) is 26.2 Å². The van der Waals surface area contributed by atoms with Gasteiger partial charge in [-0.15, -0.1) is 0 Å². The standard InChI is InChI=1S/C21H15BrN2O3/c1-11-8-15(21(26)27)18(23-11)10-16-19-14(12-4-2-5-13(22)9-12)6-3-7-17(19)24-20(16)25/h2-10,23H,1H3,(H,24,25)(H,26,27). The molecule has 0 unspecified atom stereocenters. The number of amides is 1. The van der Waals surface area contributed by atoms with Crippen molar-refractivity contribution in [2.45, 2.75) is 6.92 Å². The normalized spacial score (nSPS) is 14.3. The van der Waals surface area contributed by atoms with Crippen LogP contribution in [0.15, 0.2) is 53.0 Å². The smallest absolute Gasteiger partial charge is 0.337 e. The third-order valence-electron chi connectivity index (χ3n) is 4.46. The van der Waals surface area contributed by atoms with Gasteiger partial charge in [0.05, 0.1) is 16.8 Å². The molecule has 0 aliphatic carbocycles. The Balaban J connectivity index is 1.93. The number of aromatic amines is 1. The van der Waals surface area contributed by atoms with Crippen LogP contribution in [0, 0.1) is 6.92 Å². The minimum Gasteiger partial charge on any atom is -0.478 e. The highest BCUT2D eigenvalue weighted by Gasteiger charge is 2.28. The van der Waals surface area contributed by atoms with E-state index >= 15 is 0 Å². The molecule has 3 N–H and O–H groups in total. The highest BCUT2D eigenvalue weighted by molar-refractivity contribution is 9.10. The summed E-state index contributed by atoms with van der Waals surface area (Å²) in [7, 11) is 0. The van der Waals surface area contributed by atoms with Gasteiger partial charge in [-0.05, 0) is 48.4 Å². The molecular formula is C21H15BrN2O3. The summed E-state index contributed by atoms with van der Waals surface area (Å²) in [6.07, 6.45) is 1.61. The van der Waals surface area contributed by atoms with Crippen molar-refractivity contribution >= 4 is 45.1 Å². The zero-order chi connectivity index (χ0) is 19.1. The Bertz CT molecular complexity index is 1130. The van der Waals surface area contributed by atoms with E-state index in [9.17, 15) is 14.7 Å². The first-order chi connectivity index (χ1) is 12.9. The minimum atomic E-state index is -1.04. The predicted molar refractivity (Wildman–Crippen MR) is 109 cm³/mol. The fourth-order valence-corrected chi connectivity index (χ4v) is 3.73. The van der Waals surface area contributed by atoms with Crippen molar-refractivity contribution in [1.29, 1.82) is 0 Å². The van der Waals surface area contributed by atoms with Gasteiger partial charge in [0.25, 0.3) is 5.91 Å². The summed E-state index contributed by atoms with van der Waals surface area (Å²) >= 11 is 3.48. The number of H-pyrrole nitrogens is 1. The van der Waals surface area contributed by atoms with Crippen molar-refractivity contribution in [2.75, 3.05) is 5.32 Å². The average Bonchev–Trinajstić information content (AvgIpc) is 3.15. The van der Waals surface area contributed by atoms with Gasteiger partial charge in [-0.3, -0.25) is 4.79 Å². The minimum absolute atomic E-state index is 0.140.